The zero-order valence-electron chi connectivity index (χ0n) is 11.7. The van der Waals surface area contributed by atoms with Crippen molar-refractivity contribution >= 4 is 23.6 Å². The number of carbonyl (C=O) groups excluding carboxylic acids is 1. The third-order valence-corrected chi connectivity index (χ3v) is 4.11. The summed E-state index contributed by atoms with van der Waals surface area (Å²) in [5.41, 5.74) is 0. The summed E-state index contributed by atoms with van der Waals surface area (Å²) in [6.07, 6.45) is -0.923. The van der Waals surface area contributed by atoms with Gasteiger partial charge in [-0.3, -0.25) is 4.79 Å². The van der Waals surface area contributed by atoms with E-state index in [1.807, 2.05) is 24.3 Å². The van der Waals surface area contributed by atoms with Crippen LogP contribution in [0.25, 0.3) is 0 Å². The summed E-state index contributed by atoms with van der Waals surface area (Å²) in [4.78, 5) is 25.5. The van der Waals surface area contributed by atoms with E-state index in [2.05, 4.69) is 0 Å². The molecular weight excluding hydrogens is 294 g/mol. The number of hydrogen-bond acceptors (Lipinski definition) is 5. The molecule has 0 radical (unpaired) electrons. The number of carboxylic acids is 1. The van der Waals surface area contributed by atoms with E-state index in [4.69, 9.17) is 14.6 Å². The number of methoxy groups -OCH3 is 1. The van der Waals surface area contributed by atoms with Crippen LogP contribution in [0.2, 0.25) is 0 Å². The smallest absolute Gasteiger partial charge is 0.334 e. The minimum Gasteiger partial charge on any atom is -0.497 e. The third kappa shape index (κ3) is 4.37. The number of hydrogen-bond donors (Lipinski definition) is 1. The number of rotatable bonds is 5. The topological polar surface area (TPSA) is 76.1 Å². The highest BCUT2D eigenvalue weighted by Crippen LogP contribution is 2.22. The van der Waals surface area contributed by atoms with Gasteiger partial charge in [0, 0.05) is 11.4 Å². The number of amides is 1. The third-order valence-electron chi connectivity index (χ3n) is 3.12. The lowest BCUT2D eigenvalue weighted by Gasteiger charge is -2.30. The maximum absolute atomic E-state index is 12.1. The van der Waals surface area contributed by atoms with Gasteiger partial charge in [0.1, 0.15) is 5.75 Å². The highest BCUT2D eigenvalue weighted by Gasteiger charge is 2.28. The normalized spacial score (nSPS) is 18.3. The van der Waals surface area contributed by atoms with Crippen molar-refractivity contribution < 1.29 is 24.2 Å². The molecule has 0 saturated carbocycles. The van der Waals surface area contributed by atoms with Crippen molar-refractivity contribution in [3.63, 3.8) is 0 Å². The van der Waals surface area contributed by atoms with Gasteiger partial charge in [0.2, 0.25) is 5.91 Å². The number of benzene rings is 1. The Morgan fingerprint density at radius 3 is 2.76 bits per heavy atom. The number of aliphatic carboxylic acids is 1. The molecule has 6 nitrogen and oxygen atoms in total. The van der Waals surface area contributed by atoms with Crippen LogP contribution in [0.1, 0.15) is 0 Å². The Morgan fingerprint density at radius 1 is 1.43 bits per heavy atom. The molecule has 2 rings (SSSR count). The molecule has 1 N–H and O–H groups in total. The molecule has 1 fully saturated rings. The van der Waals surface area contributed by atoms with Gasteiger partial charge in [0.05, 0.1) is 26.0 Å². The van der Waals surface area contributed by atoms with Gasteiger partial charge in [-0.05, 0) is 24.3 Å². The van der Waals surface area contributed by atoms with Crippen LogP contribution in [0.4, 0.5) is 0 Å². The van der Waals surface area contributed by atoms with E-state index in [1.165, 1.54) is 11.8 Å². The quantitative estimate of drug-likeness (QED) is 0.821. The molecule has 1 aliphatic heterocycles. The first-order valence-electron chi connectivity index (χ1n) is 6.49. The Balaban J connectivity index is 1.84. The largest absolute Gasteiger partial charge is 0.497 e. The molecule has 1 amide bonds. The minimum absolute atomic E-state index is 0.0784. The second-order valence-corrected chi connectivity index (χ2v) is 5.55. The van der Waals surface area contributed by atoms with E-state index in [0.29, 0.717) is 6.54 Å². The van der Waals surface area contributed by atoms with Gasteiger partial charge in [-0.25, -0.2) is 4.79 Å². The first-order valence-corrected chi connectivity index (χ1v) is 7.47. The first kappa shape index (κ1) is 15.7. The highest BCUT2D eigenvalue weighted by atomic mass is 32.2. The maximum atomic E-state index is 12.1. The van der Waals surface area contributed by atoms with Gasteiger partial charge in [-0.2, -0.15) is 0 Å². The number of carboxylic acid groups (broad SMARTS) is 1. The second kappa shape index (κ2) is 7.33. The molecule has 1 atom stereocenters. The number of thioether (sulfide) groups is 1. The molecule has 21 heavy (non-hydrogen) atoms. The van der Waals surface area contributed by atoms with Gasteiger partial charge in [0.25, 0.3) is 0 Å². The molecule has 1 aromatic carbocycles. The van der Waals surface area contributed by atoms with E-state index < -0.39 is 12.1 Å². The number of carbonyl (C=O) groups is 2. The van der Waals surface area contributed by atoms with Crippen molar-refractivity contribution in [2.45, 2.75) is 11.0 Å². The van der Waals surface area contributed by atoms with Crippen LogP contribution in [0.15, 0.2) is 29.2 Å². The SMILES string of the molecule is COc1ccc(SCC(=O)N2CCOC(C(=O)O)C2)cc1. The summed E-state index contributed by atoms with van der Waals surface area (Å²) >= 11 is 1.42. The van der Waals surface area contributed by atoms with Crippen LogP contribution in [0.3, 0.4) is 0 Å². The van der Waals surface area contributed by atoms with Crippen LogP contribution in [-0.4, -0.2) is 60.5 Å². The number of ether oxygens (including phenoxy) is 2. The molecule has 0 aromatic heterocycles. The summed E-state index contributed by atoms with van der Waals surface area (Å²) in [6, 6.07) is 7.44. The fraction of sp³-hybridized carbons (Fsp3) is 0.429. The fourth-order valence-electron chi connectivity index (χ4n) is 1.93. The Labute approximate surface area is 127 Å². The van der Waals surface area contributed by atoms with Crippen LogP contribution in [-0.2, 0) is 14.3 Å². The van der Waals surface area contributed by atoms with Gasteiger partial charge in [0.15, 0.2) is 6.10 Å². The van der Waals surface area contributed by atoms with Crippen molar-refractivity contribution in [3.05, 3.63) is 24.3 Å². The fourth-order valence-corrected chi connectivity index (χ4v) is 2.73. The van der Waals surface area contributed by atoms with Gasteiger partial charge in [-0.15, -0.1) is 11.8 Å². The minimum atomic E-state index is -1.03. The van der Waals surface area contributed by atoms with Gasteiger partial charge in [-0.1, -0.05) is 0 Å². The van der Waals surface area contributed by atoms with E-state index >= 15 is 0 Å². The predicted octanol–water partition coefficient (Wildman–Crippen LogP) is 1.10. The average Bonchev–Trinajstić information content (AvgIpc) is 2.53. The van der Waals surface area contributed by atoms with Crippen LogP contribution in [0, 0.1) is 0 Å². The van der Waals surface area contributed by atoms with Crippen molar-refractivity contribution in [2.75, 3.05) is 32.6 Å². The first-order chi connectivity index (χ1) is 10.1. The molecule has 1 heterocycles. The lowest BCUT2D eigenvalue weighted by molar-refractivity contribution is -0.158. The lowest BCUT2D eigenvalue weighted by atomic mass is 10.3. The molecule has 114 valence electrons. The van der Waals surface area contributed by atoms with Crippen molar-refractivity contribution in [1.29, 1.82) is 0 Å². The van der Waals surface area contributed by atoms with Crippen molar-refractivity contribution in [2.24, 2.45) is 0 Å². The molecule has 0 spiro atoms. The zero-order chi connectivity index (χ0) is 15.2. The standard InChI is InChI=1S/C14H17NO5S/c1-19-10-2-4-11(5-3-10)21-9-13(16)15-6-7-20-12(8-15)14(17)18/h2-5,12H,6-9H2,1H3,(H,17,18). The molecule has 0 aliphatic carbocycles. The van der Waals surface area contributed by atoms with Crippen molar-refractivity contribution in [1.82, 2.24) is 4.90 Å². The number of morpholine rings is 1. The summed E-state index contributed by atoms with van der Waals surface area (Å²) in [7, 11) is 1.60. The average molecular weight is 311 g/mol. The second-order valence-electron chi connectivity index (χ2n) is 4.50. The molecular formula is C14H17NO5S. The lowest BCUT2D eigenvalue weighted by Crippen LogP contribution is -2.49. The molecule has 0 bridgehead atoms. The molecule has 1 saturated heterocycles. The van der Waals surface area contributed by atoms with Crippen LogP contribution in [0.5, 0.6) is 5.75 Å². The Bertz CT molecular complexity index is 505. The Morgan fingerprint density at radius 2 is 2.14 bits per heavy atom. The molecule has 1 aliphatic rings. The molecule has 1 aromatic rings. The summed E-state index contributed by atoms with van der Waals surface area (Å²) in [5, 5.41) is 8.92. The number of nitrogens with zero attached hydrogens (tertiary/aromatic N) is 1. The highest BCUT2D eigenvalue weighted by molar-refractivity contribution is 8.00. The van der Waals surface area contributed by atoms with Gasteiger partial charge >= 0.3 is 5.97 Å². The Kier molecular flexibility index (Phi) is 5.46. The van der Waals surface area contributed by atoms with E-state index in [-0.39, 0.29) is 24.8 Å². The van der Waals surface area contributed by atoms with Crippen LogP contribution >= 0.6 is 11.8 Å². The molecule has 7 heteroatoms. The van der Waals surface area contributed by atoms with E-state index in [1.54, 1.807) is 12.0 Å². The van der Waals surface area contributed by atoms with E-state index in [9.17, 15) is 9.59 Å². The molecule has 1 unspecified atom stereocenters. The van der Waals surface area contributed by atoms with Crippen LogP contribution < -0.4 is 4.74 Å². The Hall–Kier alpha value is -1.73. The summed E-state index contributed by atoms with van der Waals surface area (Å²) in [5.74, 6) is -0.0672. The van der Waals surface area contributed by atoms with Gasteiger partial charge < -0.3 is 19.5 Å². The van der Waals surface area contributed by atoms with Crippen molar-refractivity contribution in [3.8, 4) is 5.75 Å². The monoisotopic (exact) mass is 311 g/mol. The maximum Gasteiger partial charge on any atom is 0.334 e. The zero-order valence-corrected chi connectivity index (χ0v) is 12.5. The summed E-state index contributed by atoms with van der Waals surface area (Å²) < 4.78 is 10.2. The van der Waals surface area contributed by atoms with E-state index in [0.717, 1.165) is 10.6 Å². The predicted molar refractivity (Wildman–Crippen MR) is 77.7 cm³/mol. The summed E-state index contributed by atoms with van der Waals surface area (Å²) in [6.45, 7) is 0.805.